The first-order valence-electron chi connectivity index (χ1n) is 5.33. The summed E-state index contributed by atoms with van der Waals surface area (Å²) in [6.07, 6.45) is 0. The quantitative estimate of drug-likeness (QED) is 0.838. The Hall–Kier alpha value is -1.11. The van der Waals surface area contributed by atoms with Crippen LogP contribution in [0, 0.1) is 0 Å². The molecule has 0 atom stereocenters. The van der Waals surface area contributed by atoms with Gasteiger partial charge in [0.1, 0.15) is 0 Å². The van der Waals surface area contributed by atoms with Gasteiger partial charge in [0, 0.05) is 11.0 Å². The van der Waals surface area contributed by atoms with Gasteiger partial charge in [-0.3, -0.25) is 0 Å². The highest BCUT2D eigenvalue weighted by Crippen LogP contribution is 2.27. The van der Waals surface area contributed by atoms with Crippen molar-refractivity contribution in [2.24, 2.45) is 0 Å². The smallest absolute Gasteiger partial charge is 0.351 e. The summed E-state index contributed by atoms with van der Waals surface area (Å²) in [5, 5.41) is 3.87. The third kappa shape index (κ3) is 3.68. The van der Waals surface area contributed by atoms with Crippen LogP contribution in [-0.4, -0.2) is 18.1 Å². The molecule has 0 aliphatic rings. The summed E-state index contributed by atoms with van der Waals surface area (Å²) >= 11 is 10.5. The van der Waals surface area contributed by atoms with Gasteiger partial charge in [0.25, 0.3) is 0 Å². The number of nitrogens with zero attached hydrogens (tertiary/aromatic N) is 1. The summed E-state index contributed by atoms with van der Waals surface area (Å²) < 4.78 is 5.64. The minimum absolute atomic E-state index is 0.161. The number of carbonyl (C=O) groups is 1. The molecule has 100 valence electrons. The van der Waals surface area contributed by atoms with Crippen LogP contribution in [0.4, 0.5) is 5.13 Å². The molecule has 0 amide bonds. The Morgan fingerprint density at radius 3 is 3.05 bits per heavy atom. The number of rotatable bonds is 4. The third-order valence-corrected chi connectivity index (χ3v) is 4.16. The van der Waals surface area contributed by atoms with Crippen molar-refractivity contribution in [3.63, 3.8) is 0 Å². The maximum Gasteiger partial charge on any atom is 0.351 e. The van der Waals surface area contributed by atoms with E-state index in [1.807, 2.05) is 24.3 Å². The Balaban J connectivity index is 2.06. The number of thiazole rings is 1. The Morgan fingerprint density at radius 1 is 1.58 bits per heavy atom. The van der Waals surface area contributed by atoms with Gasteiger partial charge >= 0.3 is 5.97 Å². The van der Waals surface area contributed by atoms with Crippen LogP contribution < -0.4 is 5.32 Å². The highest BCUT2D eigenvalue weighted by Gasteiger charge is 2.16. The van der Waals surface area contributed by atoms with Crippen LogP contribution in [0.15, 0.2) is 28.7 Å². The van der Waals surface area contributed by atoms with E-state index in [0.29, 0.717) is 16.6 Å². The van der Waals surface area contributed by atoms with Gasteiger partial charge in [-0.15, -0.1) is 0 Å². The maximum absolute atomic E-state index is 11.4. The highest BCUT2D eigenvalue weighted by molar-refractivity contribution is 9.10. The van der Waals surface area contributed by atoms with Crippen molar-refractivity contribution in [3.8, 4) is 0 Å². The van der Waals surface area contributed by atoms with Gasteiger partial charge in [-0.1, -0.05) is 51.0 Å². The summed E-state index contributed by atoms with van der Waals surface area (Å²) in [5.41, 5.74) is 1.10. The number of benzene rings is 1. The highest BCUT2D eigenvalue weighted by atomic mass is 79.9. The van der Waals surface area contributed by atoms with Gasteiger partial charge < -0.3 is 10.1 Å². The summed E-state index contributed by atoms with van der Waals surface area (Å²) in [6, 6.07) is 7.91. The molecule has 2 aromatic rings. The Labute approximate surface area is 127 Å². The molecule has 19 heavy (non-hydrogen) atoms. The summed E-state index contributed by atoms with van der Waals surface area (Å²) in [6.45, 7) is 0.601. The predicted octanol–water partition coefficient (Wildman–Crippen LogP) is 3.96. The zero-order chi connectivity index (χ0) is 13.8. The first-order chi connectivity index (χ1) is 9.10. The van der Waals surface area contributed by atoms with E-state index in [4.69, 9.17) is 11.6 Å². The molecule has 1 heterocycles. The molecule has 1 N–H and O–H groups in total. The maximum atomic E-state index is 11.4. The fourth-order valence-corrected chi connectivity index (χ4v) is 2.97. The second kappa shape index (κ2) is 6.36. The Kier molecular flexibility index (Phi) is 4.79. The molecule has 0 saturated heterocycles. The lowest BCUT2D eigenvalue weighted by atomic mass is 10.2. The van der Waals surface area contributed by atoms with Crippen LogP contribution in [0.25, 0.3) is 0 Å². The molecule has 0 radical (unpaired) electrons. The minimum atomic E-state index is -0.474. The SMILES string of the molecule is COC(=O)c1sc(NCc2cccc(Br)c2)nc1Cl. The topological polar surface area (TPSA) is 51.2 Å². The molecular weight excluding hydrogens is 352 g/mol. The minimum Gasteiger partial charge on any atom is -0.465 e. The summed E-state index contributed by atoms with van der Waals surface area (Å²) in [4.78, 5) is 15.8. The van der Waals surface area contributed by atoms with Crippen molar-refractivity contribution in [3.05, 3.63) is 44.3 Å². The van der Waals surface area contributed by atoms with Crippen molar-refractivity contribution in [2.45, 2.75) is 6.54 Å². The number of esters is 1. The average Bonchev–Trinajstić information content (AvgIpc) is 2.77. The molecule has 0 fully saturated rings. The molecule has 4 nitrogen and oxygen atoms in total. The zero-order valence-corrected chi connectivity index (χ0v) is 13.1. The van der Waals surface area contributed by atoms with Crippen LogP contribution in [0.3, 0.4) is 0 Å². The second-order valence-electron chi connectivity index (χ2n) is 3.61. The summed E-state index contributed by atoms with van der Waals surface area (Å²) in [7, 11) is 1.31. The van der Waals surface area contributed by atoms with Gasteiger partial charge in [0.2, 0.25) is 0 Å². The molecular formula is C12H10BrClN2O2S. The molecule has 0 aliphatic carbocycles. The molecule has 7 heteroatoms. The number of methoxy groups -OCH3 is 1. The van der Waals surface area contributed by atoms with E-state index in [1.54, 1.807) is 0 Å². The normalized spacial score (nSPS) is 10.3. The number of carbonyl (C=O) groups excluding carboxylic acids is 1. The van der Waals surface area contributed by atoms with E-state index >= 15 is 0 Å². The van der Waals surface area contributed by atoms with E-state index in [1.165, 1.54) is 18.4 Å². The summed E-state index contributed by atoms with van der Waals surface area (Å²) in [5.74, 6) is -0.474. The number of halogens is 2. The lowest BCUT2D eigenvalue weighted by molar-refractivity contribution is 0.0606. The number of anilines is 1. The predicted molar refractivity (Wildman–Crippen MR) is 79.9 cm³/mol. The molecule has 2 rings (SSSR count). The number of hydrogen-bond acceptors (Lipinski definition) is 5. The van der Waals surface area contributed by atoms with Gasteiger partial charge in [0.15, 0.2) is 15.2 Å². The average molecular weight is 362 g/mol. The standard InChI is InChI=1S/C12H10BrClN2O2S/c1-18-11(17)9-10(14)16-12(19-9)15-6-7-3-2-4-8(13)5-7/h2-5H,6H2,1H3,(H,15,16). The van der Waals surface area contributed by atoms with Crippen LogP contribution in [0.5, 0.6) is 0 Å². The Morgan fingerprint density at radius 2 is 2.37 bits per heavy atom. The molecule has 1 aromatic heterocycles. The Bertz CT molecular complexity index is 603. The molecule has 0 unspecified atom stereocenters. The molecule has 0 aliphatic heterocycles. The van der Waals surface area contributed by atoms with E-state index in [0.717, 1.165) is 10.0 Å². The third-order valence-electron chi connectivity index (χ3n) is 2.29. The molecule has 1 aromatic carbocycles. The second-order valence-corrected chi connectivity index (χ2v) is 5.89. The van der Waals surface area contributed by atoms with Crippen LogP contribution >= 0.6 is 38.9 Å². The zero-order valence-electron chi connectivity index (χ0n) is 9.94. The number of hydrogen-bond donors (Lipinski definition) is 1. The molecule has 0 spiro atoms. The molecule has 0 saturated carbocycles. The van der Waals surface area contributed by atoms with Gasteiger partial charge in [0.05, 0.1) is 7.11 Å². The molecule has 0 bridgehead atoms. The monoisotopic (exact) mass is 360 g/mol. The van der Waals surface area contributed by atoms with E-state index in [-0.39, 0.29) is 5.15 Å². The largest absolute Gasteiger partial charge is 0.465 e. The van der Waals surface area contributed by atoms with Crippen molar-refractivity contribution < 1.29 is 9.53 Å². The van der Waals surface area contributed by atoms with Crippen molar-refractivity contribution in [1.82, 2.24) is 4.98 Å². The van der Waals surface area contributed by atoms with Crippen LogP contribution in [0.1, 0.15) is 15.2 Å². The van der Waals surface area contributed by atoms with Gasteiger partial charge in [-0.05, 0) is 17.7 Å². The van der Waals surface area contributed by atoms with E-state index in [2.05, 4.69) is 31.0 Å². The number of nitrogens with one attached hydrogen (secondary N) is 1. The van der Waals surface area contributed by atoms with Crippen LogP contribution in [-0.2, 0) is 11.3 Å². The van der Waals surface area contributed by atoms with Crippen molar-refractivity contribution in [2.75, 3.05) is 12.4 Å². The van der Waals surface area contributed by atoms with Gasteiger partial charge in [-0.25, -0.2) is 9.78 Å². The van der Waals surface area contributed by atoms with E-state index < -0.39 is 5.97 Å². The number of ether oxygens (including phenoxy) is 1. The lowest BCUT2D eigenvalue weighted by Gasteiger charge is -2.02. The number of aromatic nitrogens is 1. The van der Waals surface area contributed by atoms with Crippen molar-refractivity contribution >= 4 is 50.0 Å². The lowest BCUT2D eigenvalue weighted by Crippen LogP contribution is -1.98. The fourth-order valence-electron chi connectivity index (χ4n) is 1.42. The van der Waals surface area contributed by atoms with Crippen LogP contribution in [0.2, 0.25) is 5.15 Å². The first-order valence-corrected chi connectivity index (χ1v) is 7.32. The van der Waals surface area contributed by atoms with Gasteiger partial charge in [-0.2, -0.15) is 0 Å². The fraction of sp³-hybridized carbons (Fsp3) is 0.167. The van der Waals surface area contributed by atoms with Crippen molar-refractivity contribution in [1.29, 1.82) is 0 Å². The van der Waals surface area contributed by atoms with E-state index in [9.17, 15) is 4.79 Å². The first kappa shape index (κ1) is 14.3.